The molecule has 7 nitrogen and oxygen atoms in total. The van der Waals surface area contributed by atoms with Crippen LogP contribution in [0.5, 0.6) is 0 Å². The second-order valence-corrected chi connectivity index (χ2v) is 5.59. The average Bonchev–Trinajstić information content (AvgIpc) is 3.08. The molecule has 0 fully saturated rings. The number of aromatic amines is 1. The number of carbonyl (C=O) groups is 2. The first-order valence-corrected chi connectivity index (χ1v) is 7.14. The van der Waals surface area contributed by atoms with Crippen molar-refractivity contribution in [2.45, 2.75) is 13.0 Å². The monoisotopic (exact) mass is 322 g/mol. The Morgan fingerprint density at radius 1 is 1.45 bits per heavy atom. The zero-order valence-electron chi connectivity index (χ0n) is 12.2. The fourth-order valence-electron chi connectivity index (χ4n) is 2.63. The molecule has 2 aromatic heterocycles. The lowest BCUT2D eigenvalue weighted by molar-refractivity contribution is 0.0586. The predicted molar refractivity (Wildman–Crippen MR) is 78.8 cm³/mol. The lowest BCUT2D eigenvalue weighted by Gasteiger charge is -2.27. The van der Waals surface area contributed by atoms with Gasteiger partial charge in [-0.1, -0.05) is 11.6 Å². The largest absolute Gasteiger partial charge is 0.464 e. The van der Waals surface area contributed by atoms with Crippen molar-refractivity contribution >= 4 is 23.5 Å². The lowest BCUT2D eigenvalue weighted by atomic mass is 10.0. The van der Waals surface area contributed by atoms with E-state index in [1.165, 1.54) is 7.11 Å². The van der Waals surface area contributed by atoms with Gasteiger partial charge in [0.1, 0.15) is 5.69 Å². The molecule has 1 aliphatic rings. The third kappa shape index (κ3) is 2.37. The van der Waals surface area contributed by atoms with E-state index >= 15 is 0 Å². The van der Waals surface area contributed by atoms with Crippen LogP contribution >= 0.6 is 11.6 Å². The number of halogens is 1. The van der Waals surface area contributed by atoms with E-state index in [1.807, 2.05) is 0 Å². The average molecular weight is 323 g/mol. The van der Waals surface area contributed by atoms with Crippen molar-refractivity contribution in [1.29, 1.82) is 0 Å². The van der Waals surface area contributed by atoms with Gasteiger partial charge in [-0.05, 0) is 6.07 Å². The molecule has 0 saturated heterocycles. The molecule has 1 N–H and O–H groups in total. The van der Waals surface area contributed by atoms with Crippen LogP contribution in [-0.2, 0) is 24.8 Å². The van der Waals surface area contributed by atoms with Gasteiger partial charge in [0.05, 0.1) is 18.7 Å². The Hall–Kier alpha value is -2.28. The van der Waals surface area contributed by atoms with Gasteiger partial charge in [-0.15, -0.1) is 0 Å². The number of rotatable bonds is 2. The molecule has 3 rings (SSSR count). The first-order valence-electron chi connectivity index (χ1n) is 6.77. The van der Waals surface area contributed by atoms with Gasteiger partial charge >= 0.3 is 5.97 Å². The highest BCUT2D eigenvalue weighted by atomic mass is 35.5. The first kappa shape index (κ1) is 14.6. The number of carbonyl (C=O) groups excluding carboxylic acids is 2. The van der Waals surface area contributed by atoms with Crippen LogP contribution in [0.1, 0.15) is 32.2 Å². The number of nitrogens with zero attached hydrogens (tertiary/aromatic N) is 3. The molecule has 0 saturated carbocycles. The van der Waals surface area contributed by atoms with Crippen molar-refractivity contribution in [2.24, 2.45) is 7.05 Å². The zero-order valence-corrected chi connectivity index (χ0v) is 13.0. The number of ether oxygens (including phenoxy) is 1. The fourth-order valence-corrected chi connectivity index (χ4v) is 2.88. The van der Waals surface area contributed by atoms with Gasteiger partial charge < -0.3 is 14.2 Å². The molecule has 0 radical (unpaired) electrons. The molecule has 0 unspecified atom stereocenters. The molecule has 0 bridgehead atoms. The predicted octanol–water partition coefficient (Wildman–Crippen LogP) is 1.39. The molecule has 0 spiro atoms. The van der Waals surface area contributed by atoms with Gasteiger partial charge in [-0.2, -0.15) is 5.10 Å². The third-order valence-corrected chi connectivity index (χ3v) is 4.00. The second-order valence-electron chi connectivity index (χ2n) is 5.15. The zero-order chi connectivity index (χ0) is 15.9. The molecule has 0 atom stereocenters. The number of amides is 1. The van der Waals surface area contributed by atoms with Gasteiger partial charge in [0.25, 0.3) is 5.91 Å². The van der Waals surface area contributed by atoms with Gasteiger partial charge in [0, 0.05) is 37.5 Å². The Morgan fingerprint density at radius 2 is 2.23 bits per heavy atom. The van der Waals surface area contributed by atoms with Crippen LogP contribution in [0.3, 0.4) is 0 Å². The van der Waals surface area contributed by atoms with Crippen LogP contribution in [0, 0.1) is 0 Å². The van der Waals surface area contributed by atoms with Crippen LogP contribution < -0.4 is 0 Å². The van der Waals surface area contributed by atoms with E-state index in [0.717, 1.165) is 5.69 Å². The van der Waals surface area contributed by atoms with Crippen LogP contribution in [0.25, 0.3) is 0 Å². The lowest BCUT2D eigenvalue weighted by Crippen LogP contribution is -2.37. The topological polar surface area (TPSA) is 80.2 Å². The number of H-pyrrole nitrogens is 1. The Morgan fingerprint density at radius 3 is 2.86 bits per heavy atom. The van der Waals surface area contributed by atoms with E-state index in [4.69, 9.17) is 16.3 Å². The highest BCUT2D eigenvalue weighted by Crippen LogP contribution is 2.23. The summed E-state index contributed by atoms with van der Waals surface area (Å²) in [7, 11) is 3.08. The number of aromatic nitrogens is 3. The number of hydrogen-bond acceptors (Lipinski definition) is 4. The molecular formula is C14H15ClN4O3. The van der Waals surface area contributed by atoms with Gasteiger partial charge in [-0.25, -0.2) is 4.79 Å². The SMILES string of the molecule is COC(=O)c1n[nH]c2c1CN(C(=O)c1cc(Cl)cn1C)CC2. The molecule has 3 heterocycles. The highest BCUT2D eigenvalue weighted by Gasteiger charge is 2.29. The van der Waals surface area contributed by atoms with Crippen molar-refractivity contribution in [2.75, 3.05) is 13.7 Å². The molecule has 1 aliphatic heterocycles. The van der Waals surface area contributed by atoms with E-state index < -0.39 is 5.97 Å². The quantitative estimate of drug-likeness (QED) is 0.847. The Kier molecular flexibility index (Phi) is 3.66. The fraction of sp³-hybridized carbons (Fsp3) is 0.357. The van der Waals surface area contributed by atoms with E-state index in [0.29, 0.717) is 35.8 Å². The van der Waals surface area contributed by atoms with Gasteiger partial charge in [-0.3, -0.25) is 9.89 Å². The van der Waals surface area contributed by atoms with Crippen LogP contribution in [0.2, 0.25) is 5.02 Å². The summed E-state index contributed by atoms with van der Waals surface area (Å²) in [6.45, 7) is 0.870. The Bertz CT molecular complexity index is 749. The number of aryl methyl sites for hydroxylation is 1. The molecular weight excluding hydrogens is 308 g/mol. The summed E-state index contributed by atoms with van der Waals surface area (Å²) in [5.74, 6) is -0.634. The number of fused-ring (bicyclic) bond motifs is 1. The van der Waals surface area contributed by atoms with E-state index in [1.54, 1.807) is 28.8 Å². The van der Waals surface area contributed by atoms with E-state index in [-0.39, 0.29) is 11.6 Å². The molecule has 8 heteroatoms. The molecule has 22 heavy (non-hydrogen) atoms. The van der Waals surface area contributed by atoms with Crippen LogP contribution in [0.15, 0.2) is 12.3 Å². The number of methoxy groups -OCH3 is 1. The highest BCUT2D eigenvalue weighted by molar-refractivity contribution is 6.31. The molecule has 116 valence electrons. The van der Waals surface area contributed by atoms with E-state index in [2.05, 4.69) is 10.2 Å². The number of esters is 1. The van der Waals surface area contributed by atoms with Crippen molar-refractivity contribution in [1.82, 2.24) is 19.7 Å². The summed E-state index contributed by atoms with van der Waals surface area (Å²) in [4.78, 5) is 26.0. The molecule has 0 aromatic carbocycles. The normalized spacial score (nSPS) is 13.9. The van der Waals surface area contributed by atoms with E-state index in [9.17, 15) is 9.59 Å². The van der Waals surface area contributed by atoms with Gasteiger partial charge in [0.2, 0.25) is 0 Å². The Balaban J connectivity index is 1.87. The van der Waals surface area contributed by atoms with Crippen molar-refractivity contribution in [3.05, 3.63) is 39.9 Å². The molecule has 0 aliphatic carbocycles. The standard InChI is InChI=1S/C14H15ClN4O3/c1-18-6-8(15)5-11(18)13(20)19-4-3-10-9(7-19)12(17-16-10)14(21)22-2/h5-6H,3-4,7H2,1-2H3,(H,16,17). The van der Waals surface area contributed by atoms with Crippen molar-refractivity contribution < 1.29 is 14.3 Å². The van der Waals surface area contributed by atoms with Crippen LogP contribution in [-0.4, -0.2) is 45.2 Å². The summed E-state index contributed by atoms with van der Waals surface area (Å²) in [6.07, 6.45) is 2.30. The summed E-state index contributed by atoms with van der Waals surface area (Å²) < 4.78 is 6.41. The molecule has 2 aromatic rings. The summed E-state index contributed by atoms with van der Waals surface area (Å²) in [6, 6.07) is 1.63. The van der Waals surface area contributed by atoms with Crippen molar-refractivity contribution in [3.63, 3.8) is 0 Å². The van der Waals surface area contributed by atoms with Crippen molar-refractivity contribution in [3.8, 4) is 0 Å². The number of nitrogens with one attached hydrogen (secondary N) is 1. The third-order valence-electron chi connectivity index (χ3n) is 3.79. The summed E-state index contributed by atoms with van der Waals surface area (Å²) in [5.41, 5.74) is 2.33. The molecule has 1 amide bonds. The first-order chi connectivity index (χ1) is 10.5. The maximum atomic E-state index is 12.6. The minimum Gasteiger partial charge on any atom is -0.464 e. The van der Waals surface area contributed by atoms with Crippen LogP contribution in [0.4, 0.5) is 0 Å². The minimum atomic E-state index is -0.506. The number of hydrogen-bond donors (Lipinski definition) is 1. The maximum absolute atomic E-state index is 12.6. The minimum absolute atomic E-state index is 0.128. The maximum Gasteiger partial charge on any atom is 0.358 e. The summed E-state index contributed by atoms with van der Waals surface area (Å²) >= 11 is 5.93. The van der Waals surface area contributed by atoms with Gasteiger partial charge in [0.15, 0.2) is 5.69 Å². The Labute approximate surface area is 131 Å². The summed E-state index contributed by atoms with van der Waals surface area (Å²) in [5, 5.41) is 7.35. The smallest absolute Gasteiger partial charge is 0.358 e. The second kappa shape index (κ2) is 5.49.